The molecule has 9 heteroatoms. The number of amides is 1. The first-order valence-corrected chi connectivity index (χ1v) is 8.96. The molecule has 4 N–H and O–H groups in total. The Hall–Kier alpha value is -3.49. The van der Waals surface area contributed by atoms with E-state index in [1.54, 1.807) is 6.20 Å². The van der Waals surface area contributed by atoms with E-state index in [1.165, 1.54) is 0 Å². The summed E-state index contributed by atoms with van der Waals surface area (Å²) in [4.78, 5) is 20.1. The third-order valence-electron chi connectivity index (χ3n) is 4.37. The minimum Gasteiger partial charge on any atom is -0.420 e. The van der Waals surface area contributed by atoms with Gasteiger partial charge in [0.05, 0.1) is 5.56 Å². The summed E-state index contributed by atoms with van der Waals surface area (Å²) >= 11 is 0. The lowest BCUT2D eigenvalue weighted by Crippen LogP contribution is -2.18. The maximum Gasteiger partial charge on any atom is 0.253 e. The molecule has 1 amide bonds. The smallest absolute Gasteiger partial charge is 0.253 e. The number of nitrogens with one attached hydrogen (secondary N) is 2. The van der Waals surface area contributed by atoms with E-state index < -0.39 is 0 Å². The molecule has 3 aromatic rings. The van der Waals surface area contributed by atoms with Crippen molar-refractivity contribution >= 4 is 29.0 Å². The van der Waals surface area contributed by atoms with Crippen molar-refractivity contribution in [1.29, 1.82) is 0 Å². The molecule has 0 saturated carbocycles. The number of benzene rings is 1. The summed E-state index contributed by atoms with van der Waals surface area (Å²) in [5.41, 5.74) is 9.03. The number of fused-ring (bicyclic) bond motifs is 1. The predicted octanol–water partition coefficient (Wildman–Crippen LogP) is 3.03. The van der Waals surface area contributed by atoms with Crippen molar-refractivity contribution in [2.45, 2.75) is 39.0 Å². The van der Waals surface area contributed by atoms with E-state index >= 15 is 0 Å². The highest BCUT2D eigenvalue weighted by atomic mass is 16.4. The molecule has 4 rings (SSSR count). The number of aryl methyl sites for hydroxylation is 1. The summed E-state index contributed by atoms with van der Waals surface area (Å²) in [6.07, 6.45) is 2.74. The van der Waals surface area contributed by atoms with Crippen molar-refractivity contribution < 1.29 is 9.21 Å². The van der Waals surface area contributed by atoms with Gasteiger partial charge in [-0.05, 0) is 30.2 Å². The van der Waals surface area contributed by atoms with Crippen LogP contribution in [0.4, 0.5) is 23.1 Å². The lowest BCUT2D eigenvalue weighted by atomic mass is 9.97. The Balaban J connectivity index is 1.55. The van der Waals surface area contributed by atoms with Crippen molar-refractivity contribution in [2.75, 3.05) is 16.4 Å². The van der Waals surface area contributed by atoms with Crippen LogP contribution in [0.3, 0.4) is 0 Å². The van der Waals surface area contributed by atoms with Gasteiger partial charge < -0.3 is 20.8 Å². The van der Waals surface area contributed by atoms with Crippen LogP contribution in [0.15, 0.2) is 28.8 Å². The summed E-state index contributed by atoms with van der Waals surface area (Å²) in [5, 5.41) is 14.1. The first kappa shape index (κ1) is 17.9. The monoisotopic (exact) mass is 379 g/mol. The first-order valence-electron chi connectivity index (χ1n) is 8.96. The standard InChI is InChI=1S/C19H21N7O2/c1-19(2,3)17-26-25-16(28-17)12-9-21-18(24-15(12)20)22-11-5-6-13-10(8-11)4-7-14(27)23-13/h5-6,8-9H,4,7H2,1-3H3,(H,23,27)(H3,20,21,22,24). The number of rotatable bonds is 3. The number of nitrogens with two attached hydrogens (primary N) is 1. The van der Waals surface area contributed by atoms with E-state index in [4.69, 9.17) is 10.2 Å². The van der Waals surface area contributed by atoms with Gasteiger partial charge in [0, 0.05) is 29.4 Å². The lowest BCUT2D eigenvalue weighted by molar-refractivity contribution is -0.116. The molecule has 0 atom stereocenters. The molecule has 28 heavy (non-hydrogen) atoms. The molecule has 0 saturated heterocycles. The van der Waals surface area contributed by atoms with Crippen LogP contribution < -0.4 is 16.4 Å². The average Bonchev–Trinajstić information content (AvgIpc) is 3.12. The topological polar surface area (TPSA) is 132 Å². The van der Waals surface area contributed by atoms with Crippen LogP contribution in [0.5, 0.6) is 0 Å². The van der Waals surface area contributed by atoms with Crippen LogP contribution in [-0.4, -0.2) is 26.1 Å². The van der Waals surface area contributed by atoms with Crippen molar-refractivity contribution in [2.24, 2.45) is 0 Å². The highest BCUT2D eigenvalue weighted by molar-refractivity contribution is 5.94. The number of hydrogen-bond donors (Lipinski definition) is 3. The molecular formula is C19H21N7O2. The first-order chi connectivity index (χ1) is 13.3. The molecule has 0 aliphatic carbocycles. The van der Waals surface area contributed by atoms with Crippen LogP contribution >= 0.6 is 0 Å². The Kier molecular flexibility index (Phi) is 4.21. The van der Waals surface area contributed by atoms with Crippen LogP contribution in [0, 0.1) is 0 Å². The third kappa shape index (κ3) is 3.51. The molecule has 1 aliphatic rings. The Morgan fingerprint density at radius 2 is 2.04 bits per heavy atom. The number of nitrogens with zero attached hydrogens (tertiary/aromatic N) is 4. The zero-order valence-electron chi connectivity index (χ0n) is 15.9. The van der Waals surface area contributed by atoms with E-state index in [0.717, 1.165) is 16.9 Å². The van der Waals surface area contributed by atoms with Gasteiger partial charge >= 0.3 is 0 Å². The molecule has 2 aromatic heterocycles. The van der Waals surface area contributed by atoms with Crippen LogP contribution in [0.1, 0.15) is 38.6 Å². The van der Waals surface area contributed by atoms with Gasteiger partial charge in [0.2, 0.25) is 17.7 Å². The summed E-state index contributed by atoms with van der Waals surface area (Å²) in [6.45, 7) is 5.96. The van der Waals surface area contributed by atoms with Gasteiger partial charge in [0.15, 0.2) is 0 Å². The Morgan fingerprint density at radius 3 is 2.75 bits per heavy atom. The lowest BCUT2D eigenvalue weighted by Gasteiger charge is -2.17. The Bertz CT molecular complexity index is 1050. The summed E-state index contributed by atoms with van der Waals surface area (Å²) in [5.74, 6) is 1.45. The highest BCUT2D eigenvalue weighted by Gasteiger charge is 2.23. The van der Waals surface area contributed by atoms with Gasteiger partial charge in [0.25, 0.3) is 5.89 Å². The average molecular weight is 379 g/mol. The van der Waals surface area contributed by atoms with Gasteiger partial charge in [-0.1, -0.05) is 20.8 Å². The normalized spacial score (nSPS) is 13.8. The van der Waals surface area contributed by atoms with E-state index in [0.29, 0.717) is 36.1 Å². The van der Waals surface area contributed by atoms with Gasteiger partial charge in [-0.3, -0.25) is 4.79 Å². The molecule has 0 unspecified atom stereocenters. The Labute approximate surface area is 161 Å². The number of carbonyl (C=O) groups is 1. The molecular weight excluding hydrogens is 358 g/mol. The zero-order chi connectivity index (χ0) is 19.9. The zero-order valence-corrected chi connectivity index (χ0v) is 15.9. The van der Waals surface area contributed by atoms with Crippen molar-refractivity contribution in [3.8, 4) is 11.5 Å². The molecule has 0 radical (unpaired) electrons. The number of aromatic nitrogens is 4. The van der Waals surface area contributed by atoms with Crippen molar-refractivity contribution in [3.63, 3.8) is 0 Å². The van der Waals surface area contributed by atoms with E-state index in [-0.39, 0.29) is 17.1 Å². The fraction of sp³-hybridized carbons (Fsp3) is 0.316. The van der Waals surface area contributed by atoms with Crippen molar-refractivity contribution in [1.82, 2.24) is 20.2 Å². The van der Waals surface area contributed by atoms with Gasteiger partial charge in [0.1, 0.15) is 5.82 Å². The maximum atomic E-state index is 11.5. The molecule has 3 heterocycles. The molecule has 0 bridgehead atoms. The summed E-state index contributed by atoms with van der Waals surface area (Å²) in [7, 11) is 0. The number of anilines is 4. The van der Waals surface area contributed by atoms with E-state index in [2.05, 4.69) is 30.8 Å². The molecule has 0 fully saturated rings. The van der Waals surface area contributed by atoms with Gasteiger partial charge in [-0.15, -0.1) is 10.2 Å². The van der Waals surface area contributed by atoms with Crippen LogP contribution in [-0.2, 0) is 16.6 Å². The van der Waals surface area contributed by atoms with Crippen molar-refractivity contribution in [3.05, 3.63) is 35.9 Å². The summed E-state index contributed by atoms with van der Waals surface area (Å²) in [6, 6.07) is 5.68. The number of hydrogen-bond acceptors (Lipinski definition) is 8. The minimum absolute atomic E-state index is 0.0375. The van der Waals surface area contributed by atoms with Crippen LogP contribution in [0.25, 0.3) is 11.5 Å². The van der Waals surface area contributed by atoms with E-state index in [1.807, 2.05) is 39.0 Å². The second kappa shape index (κ2) is 6.59. The molecule has 144 valence electrons. The van der Waals surface area contributed by atoms with Crippen LogP contribution in [0.2, 0.25) is 0 Å². The third-order valence-corrected chi connectivity index (χ3v) is 4.37. The quantitative estimate of drug-likeness (QED) is 0.632. The van der Waals surface area contributed by atoms with Gasteiger partial charge in [-0.25, -0.2) is 4.98 Å². The molecule has 1 aliphatic heterocycles. The molecule has 1 aromatic carbocycles. The second-order valence-corrected chi connectivity index (χ2v) is 7.70. The van der Waals surface area contributed by atoms with E-state index in [9.17, 15) is 4.79 Å². The molecule has 0 spiro atoms. The number of nitrogen functional groups attached to an aromatic ring is 1. The second-order valence-electron chi connectivity index (χ2n) is 7.70. The number of carbonyl (C=O) groups excluding carboxylic acids is 1. The van der Waals surface area contributed by atoms with Gasteiger partial charge in [-0.2, -0.15) is 4.98 Å². The Morgan fingerprint density at radius 1 is 1.21 bits per heavy atom. The molecule has 9 nitrogen and oxygen atoms in total. The largest absolute Gasteiger partial charge is 0.420 e. The fourth-order valence-electron chi connectivity index (χ4n) is 2.85. The highest BCUT2D eigenvalue weighted by Crippen LogP contribution is 2.29. The summed E-state index contributed by atoms with van der Waals surface area (Å²) < 4.78 is 5.71. The SMILES string of the molecule is CC(C)(C)c1nnc(-c2cnc(Nc3ccc4c(c3)CCC(=O)N4)nc2N)o1. The maximum absolute atomic E-state index is 11.5. The predicted molar refractivity (Wildman–Crippen MR) is 105 cm³/mol. The fourth-order valence-corrected chi connectivity index (χ4v) is 2.85. The minimum atomic E-state index is -0.256.